The van der Waals surface area contributed by atoms with E-state index in [0.29, 0.717) is 17.4 Å². The second-order valence-corrected chi connectivity index (χ2v) is 9.04. The monoisotopic (exact) mass is 511 g/mol. The van der Waals surface area contributed by atoms with Gasteiger partial charge in [0, 0.05) is 11.0 Å². The van der Waals surface area contributed by atoms with Gasteiger partial charge >= 0.3 is 68.9 Å². The molecule has 0 amide bonds. The summed E-state index contributed by atoms with van der Waals surface area (Å²) in [6, 6.07) is 4.40. The smallest absolute Gasteiger partial charge is 0.851 e. The van der Waals surface area contributed by atoms with Crippen molar-refractivity contribution in [3.05, 3.63) is 34.1 Å². The molecule has 0 aromatic heterocycles. The van der Waals surface area contributed by atoms with Crippen molar-refractivity contribution in [3.8, 4) is 0 Å². The van der Waals surface area contributed by atoms with Gasteiger partial charge < -0.3 is 5.11 Å². The molecule has 1 aromatic rings. The van der Waals surface area contributed by atoms with E-state index in [0.717, 1.165) is 5.56 Å². The summed E-state index contributed by atoms with van der Waals surface area (Å²) in [5, 5.41) is 11.8. The average Bonchev–Trinajstić information content (AvgIpc) is 2.38. The summed E-state index contributed by atoms with van der Waals surface area (Å²) in [7, 11) is -1.29. The molecule has 0 saturated heterocycles. The largest absolute Gasteiger partial charge is 1.00 e. The molecule has 0 aliphatic heterocycles. The van der Waals surface area contributed by atoms with E-state index >= 15 is 0 Å². The van der Waals surface area contributed by atoms with Gasteiger partial charge in [0.1, 0.15) is 5.82 Å². The summed E-state index contributed by atoms with van der Waals surface area (Å²) in [5.41, 5.74) is 0.817. The van der Waals surface area contributed by atoms with Crippen LogP contribution >= 0.6 is 15.9 Å². The number of nitrogens with zero attached hydrogens (tertiary/aromatic N) is 1. The standard InChI is InChI=1S/C15H22BrFNO2S.Cs/c1-5-13(19)10-18(21(20)15(2,3)4)9-11-6-7-12(17)8-14(11)16;/h6-8,13H,5,9-10H2,1-4H3;/q-1;+1/t13-,21?;/m0./s1. The molecule has 0 heterocycles. The number of benzene rings is 1. The van der Waals surface area contributed by atoms with Crippen molar-refractivity contribution in [3.63, 3.8) is 0 Å². The number of hydrogen-bond donors (Lipinski definition) is 0. The Kier molecular flexibility index (Phi) is 11.5. The SMILES string of the molecule is CC[C@H]([O-])CN(Cc1ccc(F)cc1Br)S(=O)C(C)(C)C.[Cs+]. The first-order valence-electron chi connectivity index (χ1n) is 6.91. The molecular weight excluding hydrogens is 490 g/mol. The van der Waals surface area contributed by atoms with Crippen LogP contribution in [0.2, 0.25) is 0 Å². The van der Waals surface area contributed by atoms with Crippen molar-refractivity contribution in [2.75, 3.05) is 6.54 Å². The molecule has 1 aromatic carbocycles. The van der Waals surface area contributed by atoms with Crippen LogP contribution in [0.25, 0.3) is 0 Å². The molecule has 0 spiro atoms. The van der Waals surface area contributed by atoms with Gasteiger partial charge in [-0.1, -0.05) is 35.3 Å². The molecule has 0 aliphatic rings. The maximum Gasteiger partial charge on any atom is 1.00 e. The summed E-state index contributed by atoms with van der Waals surface area (Å²) >= 11 is 3.31. The van der Waals surface area contributed by atoms with E-state index < -0.39 is 21.8 Å². The third kappa shape index (κ3) is 7.76. The Hall–Kier alpha value is 1.75. The van der Waals surface area contributed by atoms with Gasteiger partial charge in [0.15, 0.2) is 0 Å². The van der Waals surface area contributed by atoms with E-state index in [1.165, 1.54) is 12.1 Å². The molecule has 7 heteroatoms. The third-order valence-corrected chi connectivity index (χ3v) is 5.52. The first-order chi connectivity index (χ1) is 9.65. The minimum absolute atomic E-state index is 0. The molecule has 120 valence electrons. The molecule has 1 unspecified atom stereocenters. The minimum atomic E-state index is -1.29. The maximum atomic E-state index is 13.1. The van der Waals surface area contributed by atoms with E-state index in [9.17, 15) is 13.7 Å². The topological polar surface area (TPSA) is 43.4 Å². The minimum Gasteiger partial charge on any atom is -0.851 e. The fourth-order valence-electron chi connectivity index (χ4n) is 1.77. The normalized spacial score (nSPS) is 14.5. The summed E-state index contributed by atoms with van der Waals surface area (Å²) in [5.74, 6) is -0.329. The van der Waals surface area contributed by atoms with Gasteiger partial charge in [0.25, 0.3) is 0 Å². The Bertz CT molecular complexity index is 511. The van der Waals surface area contributed by atoms with Gasteiger partial charge in [-0.3, -0.25) is 0 Å². The number of hydrogen-bond acceptors (Lipinski definition) is 2. The molecular formula is C15H22BrCsFNO2S. The zero-order valence-electron chi connectivity index (χ0n) is 13.9. The predicted octanol–water partition coefficient (Wildman–Crippen LogP) is -0.00470. The van der Waals surface area contributed by atoms with Gasteiger partial charge in [-0.25, -0.2) is 12.9 Å². The second-order valence-electron chi connectivity index (χ2n) is 5.95. The fourth-order valence-corrected chi connectivity index (χ4v) is 3.58. The first-order valence-corrected chi connectivity index (χ1v) is 8.81. The Morgan fingerprint density at radius 2 is 2.00 bits per heavy atom. The van der Waals surface area contributed by atoms with Crippen LogP contribution in [0.4, 0.5) is 4.39 Å². The predicted molar refractivity (Wildman–Crippen MR) is 86.5 cm³/mol. The summed E-state index contributed by atoms with van der Waals surface area (Å²) in [6.07, 6.45) is -0.293. The van der Waals surface area contributed by atoms with Crippen molar-refractivity contribution in [1.82, 2.24) is 4.31 Å². The number of halogens is 2. The molecule has 0 saturated carbocycles. The second kappa shape index (κ2) is 10.7. The Morgan fingerprint density at radius 3 is 2.45 bits per heavy atom. The quantitative estimate of drug-likeness (QED) is 0.539. The van der Waals surface area contributed by atoms with Crippen LogP contribution in [-0.2, 0) is 17.5 Å². The van der Waals surface area contributed by atoms with Gasteiger partial charge in [-0.05, 0) is 45.0 Å². The molecule has 2 atom stereocenters. The van der Waals surface area contributed by atoms with Crippen LogP contribution in [0.5, 0.6) is 0 Å². The Labute approximate surface area is 202 Å². The van der Waals surface area contributed by atoms with Crippen LogP contribution in [0, 0.1) is 5.82 Å². The molecule has 3 nitrogen and oxygen atoms in total. The van der Waals surface area contributed by atoms with Gasteiger partial charge in [0.05, 0.1) is 15.7 Å². The van der Waals surface area contributed by atoms with Crippen LogP contribution in [0.3, 0.4) is 0 Å². The van der Waals surface area contributed by atoms with Gasteiger partial charge in [-0.2, -0.15) is 0 Å². The van der Waals surface area contributed by atoms with Crippen molar-refractivity contribution < 1.29 is 82.6 Å². The van der Waals surface area contributed by atoms with E-state index in [-0.39, 0.29) is 81.3 Å². The van der Waals surface area contributed by atoms with E-state index in [2.05, 4.69) is 15.9 Å². The van der Waals surface area contributed by atoms with Crippen molar-refractivity contribution in [1.29, 1.82) is 0 Å². The maximum absolute atomic E-state index is 13.1. The Balaban J connectivity index is 0.00000441. The van der Waals surface area contributed by atoms with Crippen LogP contribution in [-0.4, -0.2) is 25.9 Å². The number of rotatable bonds is 6. The molecule has 0 bridgehead atoms. The summed E-state index contributed by atoms with van der Waals surface area (Å²) < 4.78 is 27.6. The fraction of sp³-hybridized carbons (Fsp3) is 0.600. The summed E-state index contributed by atoms with van der Waals surface area (Å²) in [4.78, 5) is 0. The van der Waals surface area contributed by atoms with Crippen LogP contribution < -0.4 is 74.0 Å². The summed E-state index contributed by atoms with van der Waals surface area (Å²) in [6.45, 7) is 8.02. The molecule has 1 rings (SSSR count). The van der Waals surface area contributed by atoms with E-state index in [1.807, 2.05) is 27.7 Å². The first kappa shape index (κ1) is 23.8. The molecule has 22 heavy (non-hydrogen) atoms. The van der Waals surface area contributed by atoms with Gasteiger partial charge in [0.2, 0.25) is 0 Å². The zero-order valence-corrected chi connectivity index (χ0v) is 22.5. The van der Waals surface area contributed by atoms with E-state index in [4.69, 9.17) is 0 Å². The van der Waals surface area contributed by atoms with Crippen molar-refractivity contribution in [2.45, 2.75) is 51.5 Å². The average molecular weight is 512 g/mol. The van der Waals surface area contributed by atoms with Crippen LogP contribution in [0.15, 0.2) is 22.7 Å². The Morgan fingerprint density at radius 1 is 1.41 bits per heavy atom. The van der Waals surface area contributed by atoms with Crippen LogP contribution in [0.1, 0.15) is 39.7 Å². The zero-order chi connectivity index (χ0) is 16.2. The third-order valence-electron chi connectivity index (χ3n) is 2.98. The molecule has 0 fully saturated rings. The van der Waals surface area contributed by atoms with Gasteiger partial charge in [-0.15, -0.1) is 6.10 Å². The van der Waals surface area contributed by atoms with Crippen molar-refractivity contribution >= 4 is 26.9 Å². The molecule has 0 N–H and O–H groups in total. The van der Waals surface area contributed by atoms with Crippen molar-refractivity contribution in [2.24, 2.45) is 0 Å². The molecule has 0 radical (unpaired) electrons. The van der Waals surface area contributed by atoms with E-state index in [1.54, 1.807) is 10.4 Å². The molecule has 0 aliphatic carbocycles.